The largest absolute Gasteiger partial charge is 0.493 e. The summed E-state index contributed by atoms with van der Waals surface area (Å²) in [4.78, 5) is 21.4. The van der Waals surface area contributed by atoms with Gasteiger partial charge in [0.1, 0.15) is 5.52 Å². The molecule has 1 amide bonds. The molecule has 0 radical (unpaired) electrons. The van der Waals surface area contributed by atoms with Gasteiger partial charge in [-0.05, 0) is 35.9 Å². The highest BCUT2D eigenvalue weighted by atomic mass is 35.5. The van der Waals surface area contributed by atoms with Crippen molar-refractivity contribution in [1.29, 1.82) is 0 Å². The monoisotopic (exact) mass is 443 g/mol. The van der Waals surface area contributed by atoms with Crippen LogP contribution in [0.2, 0.25) is 5.02 Å². The van der Waals surface area contributed by atoms with Crippen LogP contribution in [0.15, 0.2) is 42.5 Å². The van der Waals surface area contributed by atoms with Crippen LogP contribution in [0.3, 0.4) is 0 Å². The first-order chi connectivity index (χ1) is 14.6. The number of carbonyl (C=O) groups excluding carboxylic acids is 1. The summed E-state index contributed by atoms with van der Waals surface area (Å²) in [6, 6.07) is 11.4. The fourth-order valence-corrected chi connectivity index (χ4v) is 4.70. The zero-order valence-corrected chi connectivity index (χ0v) is 18.4. The van der Waals surface area contributed by atoms with E-state index in [9.17, 15) is 4.79 Å². The van der Waals surface area contributed by atoms with Gasteiger partial charge in [0.25, 0.3) is 0 Å². The molecule has 1 aliphatic rings. The number of methoxy groups -OCH3 is 2. The Hall–Kier alpha value is -2.77. The van der Waals surface area contributed by atoms with Crippen molar-refractivity contribution < 1.29 is 14.3 Å². The van der Waals surface area contributed by atoms with Crippen LogP contribution in [-0.4, -0.2) is 56.2 Å². The average molecular weight is 444 g/mol. The summed E-state index contributed by atoms with van der Waals surface area (Å²) in [5, 5.41) is 1.62. The highest BCUT2D eigenvalue weighted by Crippen LogP contribution is 2.33. The quantitative estimate of drug-likeness (QED) is 0.549. The van der Waals surface area contributed by atoms with Gasteiger partial charge in [-0.25, -0.2) is 4.98 Å². The number of carbonyl (C=O) groups is 1. The van der Waals surface area contributed by atoms with E-state index in [2.05, 4.69) is 9.88 Å². The molecule has 0 unspecified atom stereocenters. The van der Waals surface area contributed by atoms with Crippen LogP contribution < -0.4 is 14.4 Å². The number of ether oxygens (including phenoxy) is 2. The number of halogens is 1. The van der Waals surface area contributed by atoms with E-state index in [4.69, 9.17) is 21.1 Å². The van der Waals surface area contributed by atoms with Gasteiger partial charge in [-0.1, -0.05) is 35.1 Å². The maximum absolute atomic E-state index is 12.6. The molecule has 0 saturated carbocycles. The Kier molecular flexibility index (Phi) is 6.11. The molecule has 0 spiro atoms. The third-order valence-corrected chi connectivity index (χ3v) is 6.43. The minimum atomic E-state index is -0.00298. The van der Waals surface area contributed by atoms with Gasteiger partial charge >= 0.3 is 0 Å². The Labute approximate surface area is 184 Å². The number of amides is 1. The van der Waals surface area contributed by atoms with Crippen LogP contribution in [0.25, 0.3) is 16.3 Å². The summed E-state index contributed by atoms with van der Waals surface area (Å²) in [7, 11) is 3.19. The first-order valence-corrected chi connectivity index (χ1v) is 10.8. The second-order valence-electron chi connectivity index (χ2n) is 6.84. The molecule has 0 bridgehead atoms. The first kappa shape index (κ1) is 20.5. The molecular formula is C22H22ClN3O3S. The number of aromatic nitrogens is 1. The van der Waals surface area contributed by atoms with Crippen LogP contribution in [0, 0.1) is 0 Å². The van der Waals surface area contributed by atoms with E-state index in [-0.39, 0.29) is 5.91 Å². The first-order valence-electron chi connectivity index (χ1n) is 9.58. The molecular weight excluding hydrogens is 422 g/mol. The number of thiazole rings is 1. The van der Waals surface area contributed by atoms with Gasteiger partial charge in [-0.2, -0.15) is 0 Å². The van der Waals surface area contributed by atoms with E-state index in [1.54, 1.807) is 37.7 Å². The van der Waals surface area contributed by atoms with Gasteiger partial charge in [0.15, 0.2) is 16.6 Å². The number of benzene rings is 2. The van der Waals surface area contributed by atoms with Crippen molar-refractivity contribution in [3.63, 3.8) is 0 Å². The van der Waals surface area contributed by atoms with Gasteiger partial charge in [0.2, 0.25) is 5.91 Å². The van der Waals surface area contributed by atoms with Crippen LogP contribution in [-0.2, 0) is 4.79 Å². The topological polar surface area (TPSA) is 54.9 Å². The number of nitrogens with zero attached hydrogens (tertiary/aromatic N) is 3. The third-order valence-electron chi connectivity index (χ3n) is 5.05. The Balaban J connectivity index is 1.38. The maximum Gasteiger partial charge on any atom is 0.246 e. The molecule has 3 aromatic rings. The Bertz CT molecular complexity index is 1090. The zero-order valence-electron chi connectivity index (χ0n) is 16.8. The molecule has 156 valence electrons. The van der Waals surface area contributed by atoms with Crippen molar-refractivity contribution in [2.75, 3.05) is 45.3 Å². The molecule has 1 fully saturated rings. The number of fused-ring (bicyclic) bond motifs is 1. The van der Waals surface area contributed by atoms with Crippen molar-refractivity contribution in [1.82, 2.24) is 9.88 Å². The number of para-hydroxylation sites is 1. The normalized spacial score (nSPS) is 14.5. The van der Waals surface area contributed by atoms with E-state index < -0.39 is 0 Å². The van der Waals surface area contributed by atoms with E-state index in [1.807, 2.05) is 41.3 Å². The SMILES string of the molecule is COc1ccc(/C=C\C(=O)N2CCN(c3nc4c(Cl)cccc4s3)CC2)cc1OC. The standard InChI is InChI=1S/C22H22ClN3O3S/c1-28-17-8-6-15(14-18(17)29-2)7-9-20(27)25-10-12-26(13-11-25)22-24-21-16(23)4-3-5-19(21)30-22/h3-9,14H,10-13H2,1-2H3/b9-7-. The summed E-state index contributed by atoms with van der Waals surface area (Å²) in [6.07, 6.45) is 3.40. The molecule has 1 aromatic heterocycles. The molecule has 0 atom stereocenters. The lowest BCUT2D eigenvalue weighted by atomic mass is 10.2. The third kappa shape index (κ3) is 4.22. The summed E-state index contributed by atoms with van der Waals surface area (Å²) < 4.78 is 11.6. The molecule has 6 nitrogen and oxygen atoms in total. The lowest BCUT2D eigenvalue weighted by molar-refractivity contribution is -0.126. The Morgan fingerprint density at radius 3 is 2.57 bits per heavy atom. The van der Waals surface area contributed by atoms with Gasteiger partial charge < -0.3 is 19.3 Å². The average Bonchev–Trinajstić information content (AvgIpc) is 3.23. The van der Waals surface area contributed by atoms with Crippen molar-refractivity contribution in [2.24, 2.45) is 0 Å². The summed E-state index contributed by atoms with van der Waals surface area (Å²) in [5.74, 6) is 1.29. The minimum Gasteiger partial charge on any atom is -0.493 e. The number of piperazine rings is 1. The zero-order chi connectivity index (χ0) is 21.1. The summed E-state index contributed by atoms with van der Waals surface area (Å²) in [5.41, 5.74) is 1.72. The number of hydrogen-bond acceptors (Lipinski definition) is 6. The molecule has 30 heavy (non-hydrogen) atoms. The van der Waals surface area contributed by atoms with Gasteiger partial charge in [0, 0.05) is 32.3 Å². The molecule has 1 aliphatic heterocycles. The molecule has 0 aliphatic carbocycles. The molecule has 2 heterocycles. The number of hydrogen-bond donors (Lipinski definition) is 0. The number of anilines is 1. The van der Waals surface area contributed by atoms with Crippen LogP contribution in [0.5, 0.6) is 11.5 Å². The van der Waals surface area contributed by atoms with Crippen molar-refractivity contribution in [3.05, 3.63) is 53.1 Å². The van der Waals surface area contributed by atoms with Gasteiger partial charge in [0.05, 0.1) is 23.9 Å². The lowest BCUT2D eigenvalue weighted by Gasteiger charge is -2.34. The molecule has 0 N–H and O–H groups in total. The smallest absolute Gasteiger partial charge is 0.246 e. The fraction of sp³-hybridized carbons (Fsp3) is 0.273. The maximum atomic E-state index is 12.6. The predicted octanol–water partition coefficient (Wildman–Crippen LogP) is 4.33. The lowest BCUT2D eigenvalue weighted by Crippen LogP contribution is -2.48. The molecule has 8 heteroatoms. The number of rotatable bonds is 5. The van der Waals surface area contributed by atoms with Crippen LogP contribution >= 0.6 is 22.9 Å². The van der Waals surface area contributed by atoms with Crippen molar-refractivity contribution in [2.45, 2.75) is 0 Å². The van der Waals surface area contributed by atoms with E-state index >= 15 is 0 Å². The van der Waals surface area contributed by atoms with E-state index in [0.717, 1.165) is 34.0 Å². The van der Waals surface area contributed by atoms with Crippen molar-refractivity contribution in [3.8, 4) is 11.5 Å². The van der Waals surface area contributed by atoms with Gasteiger partial charge in [-0.15, -0.1) is 0 Å². The molecule has 2 aromatic carbocycles. The Morgan fingerprint density at radius 2 is 1.87 bits per heavy atom. The highest BCUT2D eigenvalue weighted by Gasteiger charge is 2.22. The molecule has 1 saturated heterocycles. The second-order valence-corrected chi connectivity index (χ2v) is 8.26. The Morgan fingerprint density at radius 1 is 1.10 bits per heavy atom. The van der Waals surface area contributed by atoms with E-state index in [1.165, 1.54) is 0 Å². The van der Waals surface area contributed by atoms with Gasteiger partial charge in [-0.3, -0.25) is 4.79 Å². The van der Waals surface area contributed by atoms with Crippen LogP contribution in [0.4, 0.5) is 5.13 Å². The van der Waals surface area contributed by atoms with Crippen molar-refractivity contribution >= 4 is 50.3 Å². The fourth-order valence-electron chi connectivity index (χ4n) is 3.39. The summed E-state index contributed by atoms with van der Waals surface area (Å²) in [6.45, 7) is 2.79. The predicted molar refractivity (Wildman–Crippen MR) is 122 cm³/mol. The highest BCUT2D eigenvalue weighted by molar-refractivity contribution is 7.22. The molecule has 4 rings (SSSR count). The minimum absolute atomic E-state index is 0.00298. The summed E-state index contributed by atoms with van der Waals surface area (Å²) >= 11 is 7.88. The second kappa shape index (κ2) is 8.93. The van der Waals surface area contributed by atoms with Crippen LogP contribution in [0.1, 0.15) is 5.56 Å². The van der Waals surface area contributed by atoms with E-state index in [0.29, 0.717) is 29.6 Å².